The van der Waals surface area contributed by atoms with Gasteiger partial charge in [0.05, 0.1) is 11.4 Å². The number of carbonyl (C=O) groups is 2. The van der Waals surface area contributed by atoms with Crippen molar-refractivity contribution < 1.29 is 9.59 Å². The molecule has 2 aromatic carbocycles. The average Bonchev–Trinajstić information content (AvgIpc) is 2.99. The molecule has 1 amide bonds. The van der Waals surface area contributed by atoms with E-state index in [9.17, 15) is 9.59 Å². The van der Waals surface area contributed by atoms with Crippen LogP contribution in [0.1, 0.15) is 61.9 Å². The summed E-state index contributed by atoms with van der Waals surface area (Å²) in [6, 6.07) is 14.2. The lowest BCUT2D eigenvalue weighted by atomic mass is 9.93. The number of ketones is 1. The molecule has 1 atom stereocenters. The second-order valence-electron chi connectivity index (χ2n) is 11.0. The maximum absolute atomic E-state index is 13.4. The van der Waals surface area contributed by atoms with Crippen molar-refractivity contribution in [2.45, 2.75) is 52.9 Å². The third-order valence-corrected chi connectivity index (χ3v) is 7.79. The molecule has 1 aliphatic rings. The van der Waals surface area contributed by atoms with E-state index in [2.05, 4.69) is 70.0 Å². The number of amides is 1. The Kier molecular flexibility index (Phi) is 12.6. The van der Waals surface area contributed by atoms with Crippen molar-refractivity contribution in [3.05, 3.63) is 90.0 Å². The normalized spacial score (nSPS) is 14.5. The number of hydrazone groups is 1. The molecule has 2 N–H and O–H groups in total. The van der Waals surface area contributed by atoms with Gasteiger partial charge in [0.1, 0.15) is 0 Å². The highest BCUT2D eigenvalue weighted by Gasteiger charge is 2.23. The van der Waals surface area contributed by atoms with E-state index in [1.807, 2.05) is 25.1 Å². The summed E-state index contributed by atoms with van der Waals surface area (Å²) in [4.78, 5) is 31.1. The number of benzene rings is 2. The first-order valence-corrected chi connectivity index (χ1v) is 15.0. The number of allylic oxidation sites excluding steroid dienone is 3. The highest BCUT2D eigenvalue weighted by molar-refractivity contribution is 6.07. The van der Waals surface area contributed by atoms with Crippen LogP contribution in [-0.2, 0) is 4.79 Å². The molecular weight excluding hydrogens is 522 g/mol. The highest BCUT2D eigenvalue weighted by atomic mass is 16.1. The minimum atomic E-state index is -0.200. The Morgan fingerprint density at radius 1 is 1.02 bits per heavy atom. The predicted octanol–water partition coefficient (Wildman–Crippen LogP) is 6.92. The van der Waals surface area contributed by atoms with Gasteiger partial charge in [0, 0.05) is 62.2 Å². The molecule has 0 saturated carbocycles. The molecule has 1 unspecified atom stereocenters. The van der Waals surface area contributed by atoms with Gasteiger partial charge < -0.3 is 20.5 Å². The van der Waals surface area contributed by atoms with E-state index in [-0.39, 0.29) is 17.6 Å². The number of anilines is 3. The fraction of sp³-hybridized carbons (Fsp3) is 0.400. The van der Waals surface area contributed by atoms with Crippen LogP contribution in [0.5, 0.6) is 0 Å². The van der Waals surface area contributed by atoms with Crippen LogP contribution in [0.3, 0.4) is 0 Å². The van der Waals surface area contributed by atoms with Gasteiger partial charge in [0.15, 0.2) is 5.78 Å². The van der Waals surface area contributed by atoms with Crippen LogP contribution in [0.4, 0.5) is 17.1 Å². The van der Waals surface area contributed by atoms with Crippen LogP contribution in [0.15, 0.2) is 84.0 Å². The van der Waals surface area contributed by atoms with E-state index in [1.54, 1.807) is 32.3 Å². The molecule has 0 spiro atoms. The summed E-state index contributed by atoms with van der Waals surface area (Å²) < 4.78 is 0. The molecule has 42 heavy (non-hydrogen) atoms. The van der Waals surface area contributed by atoms with Crippen LogP contribution in [0.25, 0.3) is 0 Å². The number of aryl methyl sites for hydroxylation is 1. The van der Waals surface area contributed by atoms with Gasteiger partial charge in [-0.3, -0.25) is 9.59 Å². The molecule has 1 heterocycles. The molecule has 7 heteroatoms. The zero-order chi connectivity index (χ0) is 30.5. The number of nitrogens with zero attached hydrogens (tertiary/aromatic N) is 3. The monoisotopic (exact) mass is 569 g/mol. The molecule has 1 aliphatic heterocycles. The zero-order valence-corrected chi connectivity index (χ0v) is 25.8. The summed E-state index contributed by atoms with van der Waals surface area (Å²) in [5.74, 6) is -0.201. The van der Waals surface area contributed by atoms with E-state index >= 15 is 0 Å². The zero-order valence-electron chi connectivity index (χ0n) is 25.8. The molecule has 224 valence electrons. The van der Waals surface area contributed by atoms with Gasteiger partial charge in [-0.25, -0.2) is 0 Å². The molecule has 2 aromatic rings. The van der Waals surface area contributed by atoms with Crippen molar-refractivity contribution in [3.8, 4) is 0 Å². The number of hydrogen-bond acceptors (Lipinski definition) is 6. The van der Waals surface area contributed by atoms with Crippen molar-refractivity contribution in [2.24, 2.45) is 11.0 Å². The summed E-state index contributed by atoms with van der Waals surface area (Å²) in [5.41, 5.74) is 9.06. The maximum Gasteiger partial charge on any atom is 0.251 e. The minimum absolute atomic E-state index is 0.102. The molecule has 0 bridgehead atoms. The van der Waals surface area contributed by atoms with E-state index in [0.29, 0.717) is 16.8 Å². The van der Waals surface area contributed by atoms with Crippen molar-refractivity contribution in [2.75, 3.05) is 48.3 Å². The van der Waals surface area contributed by atoms with Gasteiger partial charge in [-0.2, -0.15) is 5.10 Å². The first-order chi connectivity index (χ1) is 20.2. The number of unbranched alkanes of at least 4 members (excludes halogenated alkanes) is 2. The Hall–Kier alpha value is -4.13. The molecule has 1 fully saturated rings. The number of piperazine rings is 1. The fourth-order valence-corrected chi connectivity index (χ4v) is 5.26. The first kappa shape index (κ1) is 32.4. The maximum atomic E-state index is 13.4. The number of Topliss-reactive ketones (excluding diaryl/α,β-unsaturated/α-hetero) is 1. The Morgan fingerprint density at radius 3 is 2.38 bits per heavy atom. The van der Waals surface area contributed by atoms with Crippen molar-refractivity contribution in [1.29, 1.82) is 0 Å². The molecule has 0 aliphatic carbocycles. The molecular formula is C35H47N5O2. The highest BCUT2D eigenvalue weighted by Crippen LogP contribution is 2.31. The third-order valence-electron chi connectivity index (χ3n) is 7.79. The van der Waals surface area contributed by atoms with Crippen LogP contribution >= 0.6 is 0 Å². The van der Waals surface area contributed by atoms with Crippen LogP contribution in [0, 0.1) is 12.8 Å². The molecule has 0 aromatic heterocycles. The number of rotatable bonds is 15. The third kappa shape index (κ3) is 9.20. The predicted molar refractivity (Wildman–Crippen MR) is 178 cm³/mol. The van der Waals surface area contributed by atoms with Crippen LogP contribution in [-0.4, -0.2) is 51.1 Å². The van der Waals surface area contributed by atoms with Crippen molar-refractivity contribution in [3.63, 3.8) is 0 Å². The van der Waals surface area contributed by atoms with Gasteiger partial charge in [-0.15, -0.1) is 0 Å². The lowest BCUT2D eigenvalue weighted by Crippen LogP contribution is -2.47. The van der Waals surface area contributed by atoms with Gasteiger partial charge in [0.25, 0.3) is 5.91 Å². The lowest BCUT2D eigenvalue weighted by Gasteiger charge is -2.38. The topological polar surface area (TPSA) is 77.0 Å². The average molecular weight is 570 g/mol. The van der Waals surface area contributed by atoms with E-state index in [0.717, 1.165) is 69.5 Å². The van der Waals surface area contributed by atoms with Gasteiger partial charge >= 0.3 is 0 Å². The summed E-state index contributed by atoms with van der Waals surface area (Å²) in [5, 5.41) is 7.07. The smallest absolute Gasteiger partial charge is 0.251 e. The standard InChI is InChI=1S/C35H47N5O2/c1-7-13-29(5)35(42)38-31-24-30(34(41)28(4)16-10-8-9-14-26(2)25-37-36-6)18-19-33(31)40-22-20-39(21-23-40)32-17-12-11-15-27(32)3/h7,11-13,15,17-19,24-25,28,36H,1-2,8-10,14,16,20-23H2,3-6H3,(H,38,42)/b29-13?,37-25-. The number of carbonyl (C=O) groups excluding carboxylic acids is 2. The summed E-state index contributed by atoms with van der Waals surface area (Å²) in [6.07, 6.45) is 9.80. The van der Waals surface area contributed by atoms with Crippen molar-refractivity contribution in [1.82, 2.24) is 5.43 Å². The quantitative estimate of drug-likeness (QED) is 0.0608. The Labute approximate surface area is 252 Å². The number of hydrogen-bond donors (Lipinski definition) is 2. The van der Waals surface area contributed by atoms with Gasteiger partial charge in [-0.05, 0) is 68.5 Å². The van der Waals surface area contributed by atoms with E-state index in [1.165, 1.54) is 11.3 Å². The van der Waals surface area contributed by atoms with E-state index < -0.39 is 0 Å². The second kappa shape index (κ2) is 16.3. The molecule has 0 radical (unpaired) electrons. The molecule has 1 saturated heterocycles. The summed E-state index contributed by atoms with van der Waals surface area (Å²) in [6.45, 7) is 17.0. The SMILES string of the molecule is C=CC=C(C)C(=O)Nc1cc(C(=O)C(C)CCCCCC(=C)/C=N\NC)ccc1N1CCN(c2ccccc2C)CC1. The Morgan fingerprint density at radius 2 is 1.71 bits per heavy atom. The first-order valence-electron chi connectivity index (χ1n) is 15.0. The number of para-hydroxylation sites is 1. The Balaban J connectivity index is 1.69. The van der Waals surface area contributed by atoms with Crippen molar-refractivity contribution >= 4 is 35.0 Å². The van der Waals surface area contributed by atoms with Crippen LogP contribution < -0.4 is 20.5 Å². The molecule has 7 nitrogen and oxygen atoms in total. The second-order valence-corrected chi connectivity index (χ2v) is 11.0. The molecule has 3 rings (SSSR count). The number of nitrogens with one attached hydrogen (secondary N) is 2. The Bertz CT molecular complexity index is 1300. The van der Waals surface area contributed by atoms with Gasteiger partial charge in [-0.1, -0.05) is 63.3 Å². The van der Waals surface area contributed by atoms with Crippen LogP contribution in [0.2, 0.25) is 0 Å². The fourth-order valence-electron chi connectivity index (χ4n) is 5.26. The summed E-state index contributed by atoms with van der Waals surface area (Å²) in [7, 11) is 1.77. The minimum Gasteiger partial charge on any atom is -0.368 e. The summed E-state index contributed by atoms with van der Waals surface area (Å²) >= 11 is 0. The van der Waals surface area contributed by atoms with E-state index in [4.69, 9.17) is 0 Å². The van der Waals surface area contributed by atoms with Gasteiger partial charge in [0.2, 0.25) is 0 Å². The lowest BCUT2D eigenvalue weighted by molar-refractivity contribution is -0.112. The largest absolute Gasteiger partial charge is 0.368 e.